The van der Waals surface area contributed by atoms with Gasteiger partial charge in [-0.3, -0.25) is 14.4 Å². The molecule has 1 N–H and O–H groups in total. The lowest BCUT2D eigenvalue weighted by atomic mass is 9.73. The molecule has 2 saturated heterocycles. The summed E-state index contributed by atoms with van der Waals surface area (Å²) in [5, 5.41) is 10.3. The zero-order valence-corrected chi connectivity index (χ0v) is 21.8. The molecule has 0 aromatic heterocycles. The summed E-state index contributed by atoms with van der Waals surface area (Å²) in [7, 11) is 1.74. The number of likely N-dealkylation sites (N-methyl/N-ethyl adjacent to an activating group) is 1. The largest absolute Gasteiger partial charge is 0.394 e. The summed E-state index contributed by atoms with van der Waals surface area (Å²) in [5.74, 6) is -2.19. The predicted molar refractivity (Wildman–Crippen MR) is 132 cm³/mol. The van der Waals surface area contributed by atoms with Crippen LogP contribution >= 0.6 is 0 Å². The van der Waals surface area contributed by atoms with Crippen molar-refractivity contribution in [3.8, 4) is 0 Å². The van der Waals surface area contributed by atoms with Gasteiger partial charge in [0.2, 0.25) is 17.7 Å². The molecule has 35 heavy (non-hydrogen) atoms. The Morgan fingerprint density at radius 2 is 1.74 bits per heavy atom. The fraction of sp³-hybridized carbons (Fsp3) is 0.741. The van der Waals surface area contributed by atoms with Crippen LogP contribution < -0.4 is 0 Å². The average Bonchev–Trinajstić information content (AvgIpc) is 3.13. The maximum atomic E-state index is 14.3. The van der Waals surface area contributed by atoms with Gasteiger partial charge >= 0.3 is 0 Å². The quantitative estimate of drug-likeness (QED) is 0.418. The van der Waals surface area contributed by atoms with E-state index in [1.165, 1.54) is 0 Å². The van der Waals surface area contributed by atoms with Crippen molar-refractivity contribution in [1.82, 2.24) is 14.7 Å². The Hall–Kier alpha value is -2.19. The zero-order chi connectivity index (χ0) is 25.5. The Balaban J connectivity index is 1.87. The van der Waals surface area contributed by atoms with E-state index in [1.54, 1.807) is 16.8 Å². The first kappa shape index (κ1) is 25.9. The molecule has 0 aromatic carbocycles. The Kier molecular flexibility index (Phi) is 7.17. The molecule has 0 aromatic rings. The van der Waals surface area contributed by atoms with E-state index in [-0.39, 0.29) is 30.2 Å². The van der Waals surface area contributed by atoms with E-state index in [9.17, 15) is 19.5 Å². The van der Waals surface area contributed by atoms with Crippen LogP contribution in [0.3, 0.4) is 0 Å². The lowest BCUT2D eigenvalue weighted by Crippen LogP contribution is -2.59. The van der Waals surface area contributed by atoms with Gasteiger partial charge in [0, 0.05) is 26.7 Å². The molecular formula is C27H41N3O5. The van der Waals surface area contributed by atoms with Crippen LogP contribution in [0, 0.1) is 17.8 Å². The van der Waals surface area contributed by atoms with Gasteiger partial charge in [-0.2, -0.15) is 0 Å². The number of hydrogen-bond donors (Lipinski definition) is 1. The van der Waals surface area contributed by atoms with Gasteiger partial charge < -0.3 is 24.5 Å². The minimum Gasteiger partial charge on any atom is -0.394 e. The van der Waals surface area contributed by atoms with Crippen LogP contribution in [0.2, 0.25) is 0 Å². The molecular weight excluding hydrogens is 446 g/mol. The van der Waals surface area contributed by atoms with E-state index >= 15 is 0 Å². The molecule has 8 heteroatoms. The molecule has 2 fully saturated rings. The van der Waals surface area contributed by atoms with E-state index in [0.717, 1.165) is 19.3 Å². The van der Waals surface area contributed by atoms with Crippen molar-refractivity contribution >= 4 is 17.7 Å². The zero-order valence-electron chi connectivity index (χ0n) is 21.8. The summed E-state index contributed by atoms with van der Waals surface area (Å²) in [6.07, 6.45) is 11.2. The van der Waals surface area contributed by atoms with Gasteiger partial charge in [0.25, 0.3) is 0 Å². The maximum Gasteiger partial charge on any atom is 0.249 e. The molecule has 0 radical (unpaired) electrons. The summed E-state index contributed by atoms with van der Waals surface area (Å²) >= 11 is 0. The van der Waals surface area contributed by atoms with Crippen molar-refractivity contribution in [2.45, 2.75) is 76.7 Å². The smallest absolute Gasteiger partial charge is 0.249 e. The number of rotatable bonds is 8. The minimum atomic E-state index is -1.26. The van der Waals surface area contributed by atoms with Crippen LogP contribution in [0.1, 0.15) is 53.4 Å². The molecule has 0 saturated carbocycles. The van der Waals surface area contributed by atoms with Gasteiger partial charge in [-0.05, 0) is 18.8 Å². The van der Waals surface area contributed by atoms with Gasteiger partial charge in [0.15, 0.2) is 0 Å². The Morgan fingerprint density at radius 1 is 1.03 bits per heavy atom. The molecule has 0 aliphatic carbocycles. The van der Waals surface area contributed by atoms with Gasteiger partial charge in [0.1, 0.15) is 11.6 Å². The summed E-state index contributed by atoms with van der Waals surface area (Å²) in [6, 6.07) is -1.46. The molecule has 1 unspecified atom stereocenters. The fourth-order valence-electron chi connectivity index (χ4n) is 6.60. The van der Waals surface area contributed by atoms with E-state index in [2.05, 4.69) is 6.92 Å². The molecule has 3 amide bonds. The molecule has 194 valence electrons. The van der Waals surface area contributed by atoms with Crippen molar-refractivity contribution < 1.29 is 24.2 Å². The molecule has 6 atom stereocenters. The first-order valence-electron chi connectivity index (χ1n) is 13.2. The number of fused-ring (bicyclic) bond motifs is 2. The molecule has 4 aliphatic heterocycles. The number of carbonyl (C=O) groups excluding carboxylic acids is 3. The lowest BCUT2D eigenvalue weighted by molar-refractivity contribution is -0.158. The Bertz CT molecular complexity index is 916. The Labute approximate surface area is 208 Å². The van der Waals surface area contributed by atoms with Gasteiger partial charge in [0.05, 0.1) is 30.1 Å². The number of hydrogen-bond acceptors (Lipinski definition) is 5. The van der Waals surface area contributed by atoms with Crippen LogP contribution in [0.5, 0.6) is 0 Å². The molecule has 1 spiro atoms. The van der Waals surface area contributed by atoms with Crippen LogP contribution in [0.25, 0.3) is 0 Å². The third-order valence-corrected chi connectivity index (χ3v) is 8.51. The SMILES string of the molecule is CCCCCN1CC=C[C@]23O[C@@]4(CC)C=CCN(C)C(=O)[C@H]4[C@H]2C(=O)N([C@@H](CO)C(C)C)C3C1=O. The highest BCUT2D eigenvalue weighted by molar-refractivity contribution is 6.00. The first-order valence-corrected chi connectivity index (χ1v) is 13.2. The van der Waals surface area contributed by atoms with Gasteiger partial charge in [-0.1, -0.05) is 64.8 Å². The molecule has 8 nitrogen and oxygen atoms in total. The van der Waals surface area contributed by atoms with Crippen molar-refractivity contribution in [3.63, 3.8) is 0 Å². The number of amides is 3. The fourth-order valence-corrected chi connectivity index (χ4v) is 6.60. The number of likely N-dealkylation sites (tertiary alicyclic amines) is 1. The summed E-state index contributed by atoms with van der Waals surface area (Å²) in [6.45, 7) is 9.21. The van der Waals surface area contributed by atoms with Crippen molar-refractivity contribution in [2.24, 2.45) is 17.8 Å². The summed E-state index contributed by atoms with van der Waals surface area (Å²) in [4.78, 5) is 47.2. The molecule has 4 heterocycles. The van der Waals surface area contributed by atoms with Crippen molar-refractivity contribution in [3.05, 3.63) is 24.3 Å². The lowest BCUT2D eigenvalue weighted by Gasteiger charge is -2.41. The third-order valence-electron chi connectivity index (χ3n) is 8.51. The number of carbonyl (C=O) groups is 3. The molecule has 4 aliphatic rings. The predicted octanol–water partition coefficient (Wildman–Crippen LogP) is 1.98. The summed E-state index contributed by atoms with van der Waals surface area (Å²) in [5.41, 5.74) is -2.21. The maximum absolute atomic E-state index is 14.3. The number of nitrogens with zero attached hydrogens (tertiary/aromatic N) is 3. The van der Waals surface area contributed by atoms with E-state index in [1.807, 2.05) is 50.0 Å². The normalized spacial score (nSPS) is 35.3. The van der Waals surface area contributed by atoms with Crippen molar-refractivity contribution in [1.29, 1.82) is 0 Å². The van der Waals surface area contributed by atoms with E-state index < -0.39 is 35.1 Å². The highest BCUT2D eigenvalue weighted by Gasteiger charge is 2.75. The highest BCUT2D eigenvalue weighted by Crippen LogP contribution is 2.59. The van der Waals surface area contributed by atoms with Crippen LogP contribution in [-0.2, 0) is 19.1 Å². The van der Waals surface area contributed by atoms with E-state index in [4.69, 9.17) is 4.74 Å². The Morgan fingerprint density at radius 3 is 2.37 bits per heavy atom. The molecule has 4 rings (SSSR count). The van der Waals surface area contributed by atoms with E-state index in [0.29, 0.717) is 26.1 Å². The van der Waals surface area contributed by atoms with Crippen LogP contribution in [-0.4, -0.2) is 94.1 Å². The number of unbranched alkanes of at least 4 members (excludes halogenated alkanes) is 2. The first-order chi connectivity index (χ1) is 16.7. The second-order valence-corrected chi connectivity index (χ2v) is 10.9. The second-order valence-electron chi connectivity index (χ2n) is 10.9. The monoisotopic (exact) mass is 487 g/mol. The second kappa shape index (κ2) is 9.69. The van der Waals surface area contributed by atoms with Crippen LogP contribution in [0.4, 0.5) is 0 Å². The topological polar surface area (TPSA) is 90.4 Å². The third kappa shape index (κ3) is 3.84. The van der Waals surface area contributed by atoms with Crippen molar-refractivity contribution in [2.75, 3.05) is 33.3 Å². The molecule has 0 bridgehead atoms. The minimum absolute atomic E-state index is 0.0725. The number of aliphatic hydroxyl groups is 1. The van der Waals surface area contributed by atoms with Crippen LogP contribution in [0.15, 0.2) is 24.3 Å². The average molecular weight is 488 g/mol. The highest BCUT2D eigenvalue weighted by atomic mass is 16.5. The standard InChI is InChI=1S/C27H41N3O5/c1-6-8-9-15-29-16-11-13-27-21(20-23(32)28(5)14-10-12-26(20,7-2)35-27)24(33)30(22(27)25(29)34)19(17-31)18(3)4/h10-13,18-22,31H,6-9,14-17H2,1-5H3/t19-,20+,21-,22?,26-,27-/m0/s1. The van der Waals surface area contributed by atoms with Gasteiger partial charge in [-0.15, -0.1) is 0 Å². The number of aliphatic hydroxyl groups excluding tert-OH is 1. The van der Waals surface area contributed by atoms with Gasteiger partial charge in [-0.25, -0.2) is 0 Å². The number of ether oxygens (including phenoxy) is 1. The summed E-state index contributed by atoms with van der Waals surface area (Å²) < 4.78 is 6.90.